The Kier molecular flexibility index (Phi) is 3.67. The van der Waals surface area contributed by atoms with Crippen molar-refractivity contribution >= 4 is 0 Å². The molecule has 0 saturated carbocycles. The zero-order chi connectivity index (χ0) is 8.81. The van der Waals surface area contributed by atoms with Crippen molar-refractivity contribution in [1.82, 2.24) is 9.97 Å². The maximum atomic E-state index is 5.42. The molecule has 1 aromatic rings. The predicted octanol–water partition coefficient (Wildman–Crippen LogP) is 0.930. The van der Waals surface area contributed by atoms with Gasteiger partial charge in [0.1, 0.15) is 6.33 Å². The number of rotatable bonds is 4. The molecule has 66 valence electrons. The summed E-state index contributed by atoms with van der Waals surface area (Å²) >= 11 is 0. The van der Waals surface area contributed by atoms with E-state index >= 15 is 0 Å². The lowest BCUT2D eigenvalue weighted by atomic mass is 10.2. The predicted molar refractivity (Wildman–Crippen MR) is 48.8 cm³/mol. The van der Waals surface area contributed by atoms with Crippen LogP contribution in [-0.2, 0) is 12.8 Å². The fraction of sp³-hybridized carbons (Fsp3) is 0.556. The van der Waals surface area contributed by atoms with Gasteiger partial charge in [-0.1, -0.05) is 13.3 Å². The topological polar surface area (TPSA) is 51.8 Å². The minimum atomic E-state index is 0.655. The molecule has 2 N–H and O–H groups in total. The fourth-order valence-corrected chi connectivity index (χ4v) is 1.12. The van der Waals surface area contributed by atoms with Gasteiger partial charge >= 0.3 is 0 Å². The van der Waals surface area contributed by atoms with Crippen LogP contribution in [-0.4, -0.2) is 16.5 Å². The third-order valence-corrected chi connectivity index (χ3v) is 1.69. The minimum absolute atomic E-state index is 0.655. The first-order valence-electron chi connectivity index (χ1n) is 4.36. The summed E-state index contributed by atoms with van der Waals surface area (Å²) in [5, 5.41) is 0. The molecule has 12 heavy (non-hydrogen) atoms. The molecule has 1 rings (SSSR count). The third-order valence-electron chi connectivity index (χ3n) is 1.69. The van der Waals surface area contributed by atoms with Crippen LogP contribution in [0.4, 0.5) is 0 Å². The highest BCUT2D eigenvalue weighted by molar-refractivity contribution is 5.08. The van der Waals surface area contributed by atoms with Crippen LogP contribution in [0.25, 0.3) is 0 Å². The molecule has 3 nitrogen and oxygen atoms in total. The number of nitrogens with zero attached hydrogens (tertiary/aromatic N) is 2. The van der Waals surface area contributed by atoms with Crippen LogP contribution in [0, 0.1) is 0 Å². The molecule has 0 saturated heterocycles. The van der Waals surface area contributed by atoms with Gasteiger partial charge in [0.05, 0.1) is 0 Å². The summed E-state index contributed by atoms with van der Waals surface area (Å²) < 4.78 is 0. The summed E-state index contributed by atoms with van der Waals surface area (Å²) in [5.41, 5.74) is 7.60. The average molecular weight is 165 g/mol. The standard InChI is InChI=1S/C9H15N3/c1-2-3-8-6-9(4-5-10)12-7-11-8/h6-7H,2-5,10H2,1H3. The molecule has 0 spiro atoms. The molecular formula is C9H15N3. The first-order chi connectivity index (χ1) is 5.86. The first kappa shape index (κ1) is 9.13. The monoisotopic (exact) mass is 165 g/mol. The fourth-order valence-electron chi connectivity index (χ4n) is 1.12. The van der Waals surface area contributed by atoms with Gasteiger partial charge in [-0.15, -0.1) is 0 Å². The summed E-state index contributed by atoms with van der Waals surface area (Å²) in [5.74, 6) is 0. The van der Waals surface area contributed by atoms with Gasteiger partial charge in [-0.3, -0.25) is 0 Å². The van der Waals surface area contributed by atoms with Crippen molar-refractivity contribution in [3.8, 4) is 0 Å². The molecule has 0 aliphatic carbocycles. The van der Waals surface area contributed by atoms with Crippen LogP contribution in [0.3, 0.4) is 0 Å². The molecule has 0 atom stereocenters. The highest BCUT2D eigenvalue weighted by Crippen LogP contribution is 2.01. The normalized spacial score (nSPS) is 10.2. The van der Waals surface area contributed by atoms with Crippen LogP contribution in [0.5, 0.6) is 0 Å². The lowest BCUT2D eigenvalue weighted by Gasteiger charge is -2.00. The number of aryl methyl sites for hydroxylation is 1. The highest BCUT2D eigenvalue weighted by Gasteiger charge is 1.96. The summed E-state index contributed by atoms with van der Waals surface area (Å²) in [7, 11) is 0. The van der Waals surface area contributed by atoms with Gasteiger partial charge in [-0.25, -0.2) is 9.97 Å². The Labute approximate surface area is 73.0 Å². The largest absolute Gasteiger partial charge is 0.330 e. The number of nitrogens with two attached hydrogens (primary N) is 1. The van der Waals surface area contributed by atoms with E-state index in [0.717, 1.165) is 30.7 Å². The molecule has 0 aromatic carbocycles. The summed E-state index contributed by atoms with van der Waals surface area (Å²) in [6.45, 7) is 2.80. The first-order valence-corrected chi connectivity index (χ1v) is 4.36. The van der Waals surface area contributed by atoms with E-state index in [4.69, 9.17) is 5.73 Å². The van der Waals surface area contributed by atoms with Crippen molar-refractivity contribution in [1.29, 1.82) is 0 Å². The third kappa shape index (κ3) is 2.58. The molecular weight excluding hydrogens is 150 g/mol. The summed E-state index contributed by atoms with van der Waals surface area (Å²) in [4.78, 5) is 8.28. The van der Waals surface area contributed by atoms with Crippen molar-refractivity contribution in [2.75, 3.05) is 6.54 Å². The smallest absolute Gasteiger partial charge is 0.115 e. The molecule has 0 aliphatic heterocycles. The molecule has 0 amide bonds. The van der Waals surface area contributed by atoms with E-state index in [2.05, 4.69) is 16.9 Å². The van der Waals surface area contributed by atoms with Crippen molar-refractivity contribution in [3.63, 3.8) is 0 Å². The van der Waals surface area contributed by atoms with Crippen LogP contribution < -0.4 is 5.73 Å². The van der Waals surface area contributed by atoms with E-state index in [1.54, 1.807) is 6.33 Å². The second-order valence-electron chi connectivity index (χ2n) is 2.79. The van der Waals surface area contributed by atoms with E-state index in [-0.39, 0.29) is 0 Å². The number of hydrogen-bond acceptors (Lipinski definition) is 3. The molecule has 0 bridgehead atoms. The second-order valence-corrected chi connectivity index (χ2v) is 2.79. The lowest BCUT2D eigenvalue weighted by Crippen LogP contribution is -2.05. The maximum Gasteiger partial charge on any atom is 0.115 e. The van der Waals surface area contributed by atoms with Crippen LogP contribution in [0.2, 0.25) is 0 Å². The van der Waals surface area contributed by atoms with Gasteiger partial charge in [-0.2, -0.15) is 0 Å². The van der Waals surface area contributed by atoms with Crippen LogP contribution >= 0.6 is 0 Å². The van der Waals surface area contributed by atoms with Crippen molar-refractivity contribution in [2.45, 2.75) is 26.2 Å². The molecule has 0 radical (unpaired) electrons. The van der Waals surface area contributed by atoms with E-state index in [1.165, 1.54) is 0 Å². The zero-order valence-electron chi connectivity index (χ0n) is 7.45. The Morgan fingerprint density at radius 2 is 1.92 bits per heavy atom. The zero-order valence-corrected chi connectivity index (χ0v) is 7.45. The Bertz CT molecular complexity index is 214. The molecule has 0 fully saturated rings. The molecule has 0 unspecified atom stereocenters. The van der Waals surface area contributed by atoms with Crippen LogP contribution in [0.1, 0.15) is 24.7 Å². The van der Waals surface area contributed by atoms with Gasteiger partial charge in [0.25, 0.3) is 0 Å². The maximum absolute atomic E-state index is 5.42. The highest BCUT2D eigenvalue weighted by atomic mass is 14.8. The quantitative estimate of drug-likeness (QED) is 0.722. The molecule has 1 heterocycles. The summed E-state index contributed by atoms with van der Waals surface area (Å²) in [6.07, 6.45) is 4.62. The lowest BCUT2D eigenvalue weighted by molar-refractivity contribution is 0.842. The molecule has 3 heteroatoms. The van der Waals surface area contributed by atoms with Gasteiger partial charge in [0.2, 0.25) is 0 Å². The Morgan fingerprint density at radius 3 is 2.50 bits per heavy atom. The Hall–Kier alpha value is -0.960. The van der Waals surface area contributed by atoms with Crippen molar-refractivity contribution in [3.05, 3.63) is 23.8 Å². The number of aromatic nitrogens is 2. The minimum Gasteiger partial charge on any atom is -0.330 e. The van der Waals surface area contributed by atoms with Gasteiger partial charge in [0, 0.05) is 17.8 Å². The average Bonchev–Trinajstić information content (AvgIpc) is 2.06. The van der Waals surface area contributed by atoms with Gasteiger partial charge in [0.15, 0.2) is 0 Å². The van der Waals surface area contributed by atoms with Crippen LogP contribution in [0.15, 0.2) is 12.4 Å². The van der Waals surface area contributed by atoms with E-state index < -0.39 is 0 Å². The van der Waals surface area contributed by atoms with Gasteiger partial charge < -0.3 is 5.73 Å². The number of hydrogen-bond donors (Lipinski definition) is 1. The second kappa shape index (κ2) is 4.83. The van der Waals surface area contributed by atoms with E-state index in [9.17, 15) is 0 Å². The van der Waals surface area contributed by atoms with Crippen molar-refractivity contribution in [2.24, 2.45) is 5.73 Å². The SMILES string of the molecule is CCCc1cc(CCN)ncn1. The van der Waals surface area contributed by atoms with E-state index in [1.807, 2.05) is 6.07 Å². The van der Waals surface area contributed by atoms with Gasteiger partial charge in [-0.05, 0) is 19.0 Å². The Morgan fingerprint density at radius 1 is 1.25 bits per heavy atom. The van der Waals surface area contributed by atoms with Crippen molar-refractivity contribution < 1.29 is 0 Å². The molecule has 1 aromatic heterocycles. The molecule has 0 aliphatic rings. The Balaban J connectivity index is 2.67. The summed E-state index contributed by atoms with van der Waals surface area (Å²) in [6, 6.07) is 2.04. The van der Waals surface area contributed by atoms with E-state index in [0.29, 0.717) is 6.54 Å².